The zero-order chi connectivity index (χ0) is 26.4. The Morgan fingerprint density at radius 2 is 1.86 bits per heavy atom. The molecule has 4 aromatic rings. The number of primary amides is 1. The number of benzene rings is 2. The van der Waals surface area contributed by atoms with Gasteiger partial charge in [-0.25, -0.2) is 18.7 Å². The van der Waals surface area contributed by atoms with Gasteiger partial charge < -0.3 is 15.8 Å². The molecule has 188 valence electrons. The molecule has 2 heterocycles. The standard InChI is InChI=1S/C22H14Cl2F5N5O2/c1-9-2-3-31-20(17(9)22(27,28)29)34-15-7-16(36-8-25)11(19(30)35)6-14(15)32-21(34)33-18-12(23)4-10(26)5-13(18)24/h2-7H,8H2,1H3,(H2,30,35)(H,32,33). The second-order valence-corrected chi connectivity index (χ2v) is 8.23. The van der Waals surface area contributed by atoms with Crippen LogP contribution in [0.25, 0.3) is 16.9 Å². The number of carbonyl (C=O) groups is 1. The summed E-state index contributed by atoms with van der Waals surface area (Å²) in [4.78, 5) is 20.1. The Kier molecular flexibility index (Phi) is 6.67. The van der Waals surface area contributed by atoms with Crippen LogP contribution in [0.2, 0.25) is 10.0 Å². The number of hydrogen-bond acceptors (Lipinski definition) is 5. The number of nitrogens with zero attached hydrogens (tertiary/aromatic N) is 3. The van der Waals surface area contributed by atoms with Crippen molar-refractivity contribution in [3.05, 3.63) is 69.1 Å². The highest BCUT2D eigenvalue weighted by Crippen LogP contribution is 2.40. The summed E-state index contributed by atoms with van der Waals surface area (Å²) >= 11 is 12.2. The van der Waals surface area contributed by atoms with E-state index < -0.39 is 36.1 Å². The fourth-order valence-corrected chi connectivity index (χ4v) is 4.17. The summed E-state index contributed by atoms with van der Waals surface area (Å²) in [6.45, 7) is -0.0981. The molecule has 36 heavy (non-hydrogen) atoms. The topological polar surface area (TPSA) is 95.1 Å². The molecule has 0 unspecified atom stereocenters. The third-order valence-corrected chi connectivity index (χ3v) is 5.71. The molecule has 0 aliphatic heterocycles. The van der Waals surface area contributed by atoms with Crippen LogP contribution in [0.15, 0.2) is 36.5 Å². The number of hydrogen-bond donors (Lipinski definition) is 2. The monoisotopic (exact) mass is 545 g/mol. The van der Waals surface area contributed by atoms with Crippen LogP contribution < -0.4 is 15.8 Å². The first-order valence-corrected chi connectivity index (χ1v) is 10.7. The van der Waals surface area contributed by atoms with Gasteiger partial charge in [0.25, 0.3) is 5.91 Å². The first-order chi connectivity index (χ1) is 16.9. The lowest BCUT2D eigenvalue weighted by molar-refractivity contribution is -0.138. The summed E-state index contributed by atoms with van der Waals surface area (Å²) in [6, 6.07) is 5.28. The summed E-state index contributed by atoms with van der Waals surface area (Å²) in [5, 5.41) is 2.33. The quantitative estimate of drug-likeness (QED) is 0.275. The number of nitrogens with one attached hydrogen (secondary N) is 1. The Hall–Kier alpha value is -3.64. The Labute approximate surface area is 209 Å². The van der Waals surface area contributed by atoms with Crippen LogP contribution in [-0.4, -0.2) is 27.3 Å². The summed E-state index contributed by atoms with van der Waals surface area (Å²) in [7, 11) is 0. The number of ether oxygens (including phenoxy) is 1. The first kappa shape index (κ1) is 25.5. The first-order valence-electron chi connectivity index (χ1n) is 9.92. The second-order valence-electron chi connectivity index (χ2n) is 7.42. The van der Waals surface area contributed by atoms with Gasteiger partial charge in [0.05, 0.1) is 32.3 Å². The molecule has 2 aromatic carbocycles. The van der Waals surface area contributed by atoms with Gasteiger partial charge in [-0.05, 0) is 36.8 Å². The zero-order valence-electron chi connectivity index (χ0n) is 18.1. The van der Waals surface area contributed by atoms with E-state index in [0.717, 1.165) is 35.0 Å². The molecule has 2 aromatic heterocycles. The van der Waals surface area contributed by atoms with Gasteiger partial charge in [0.2, 0.25) is 12.8 Å². The van der Waals surface area contributed by atoms with Gasteiger partial charge in [-0.1, -0.05) is 23.2 Å². The van der Waals surface area contributed by atoms with E-state index in [0.29, 0.717) is 0 Å². The average Bonchev–Trinajstić information content (AvgIpc) is 3.11. The fraction of sp³-hybridized carbons (Fsp3) is 0.136. The molecule has 0 radical (unpaired) electrons. The fourth-order valence-electron chi connectivity index (χ4n) is 3.61. The molecule has 7 nitrogen and oxygen atoms in total. The highest BCUT2D eigenvalue weighted by atomic mass is 35.5. The number of pyridine rings is 1. The van der Waals surface area contributed by atoms with Crippen molar-refractivity contribution in [2.75, 3.05) is 12.2 Å². The molecule has 4 rings (SSSR count). The minimum absolute atomic E-state index is 0.0247. The third-order valence-electron chi connectivity index (χ3n) is 5.11. The number of alkyl halides is 4. The van der Waals surface area contributed by atoms with Crippen LogP contribution in [0.1, 0.15) is 21.5 Å². The number of nitrogens with two attached hydrogens (primary N) is 1. The molecule has 0 saturated carbocycles. The molecule has 0 atom stereocenters. The van der Waals surface area contributed by atoms with Crippen molar-refractivity contribution in [2.24, 2.45) is 5.73 Å². The maximum absolute atomic E-state index is 14.1. The van der Waals surface area contributed by atoms with Gasteiger partial charge in [-0.2, -0.15) is 13.2 Å². The lowest BCUT2D eigenvalue weighted by Gasteiger charge is -2.18. The predicted molar refractivity (Wildman–Crippen MR) is 123 cm³/mol. The smallest absolute Gasteiger partial charge is 0.420 e. The second kappa shape index (κ2) is 9.43. The molecule has 14 heteroatoms. The van der Waals surface area contributed by atoms with Gasteiger partial charge in [0.15, 0.2) is 5.82 Å². The van der Waals surface area contributed by atoms with E-state index in [9.17, 15) is 26.7 Å². The van der Waals surface area contributed by atoms with E-state index in [1.165, 1.54) is 13.0 Å². The molecular formula is C22H14Cl2F5N5O2. The number of halogens is 7. The molecule has 1 amide bonds. The van der Waals surface area contributed by atoms with Crippen molar-refractivity contribution in [3.8, 4) is 11.6 Å². The Morgan fingerprint density at radius 1 is 1.19 bits per heavy atom. The molecule has 0 aliphatic carbocycles. The number of imidazole rings is 1. The summed E-state index contributed by atoms with van der Waals surface area (Å²) in [6.07, 6.45) is -3.68. The van der Waals surface area contributed by atoms with Crippen LogP contribution in [0.4, 0.5) is 33.6 Å². The Balaban J connectivity index is 2.09. The van der Waals surface area contributed by atoms with Gasteiger partial charge in [0.1, 0.15) is 17.1 Å². The van der Waals surface area contributed by atoms with Gasteiger partial charge in [0, 0.05) is 12.3 Å². The normalized spacial score (nSPS) is 11.7. The maximum atomic E-state index is 14.1. The molecule has 0 aliphatic rings. The van der Waals surface area contributed by atoms with E-state index in [1.807, 2.05) is 0 Å². The van der Waals surface area contributed by atoms with E-state index >= 15 is 0 Å². The SMILES string of the molecule is Cc1ccnc(-n2c(Nc3c(Cl)cc(F)cc3Cl)nc3cc(C(N)=O)c(OCF)cc32)c1C(F)(F)F. The summed E-state index contributed by atoms with van der Waals surface area (Å²) < 4.78 is 74.8. The number of carbonyl (C=O) groups excluding carboxylic acids is 1. The largest absolute Gasteiger partial charge is 0.462 e. The molecule has 0 saturated heterocycles. The van der Waals surface area contributed by atoms with E-state index in [2.05, 4.69) is 15.3 Å². The van der Waals surface area contributed by atoms with Crippen molar-refractivity contribution in [2.45, 2.75) is 13.1 Å². The van der Waals surface area contributed by atoms with E-state index in [4.69, 9.17) is 33.7 Å². The lowest BCUT2D eigenvalue weighted by atomic mass is 10.1. The van der Waals surface area contributed by atoms with Crippen LogP contribution in [-0.2, 0) is 6.18 Å². The van der Waals surface area contributed by atoms with E-state index in [1.54, 1.807) is 0 Å². The maximum Gasteiger partial charge on any atom is 0.420 e. The third kappa shape index (κ3) is 4.61. The van der Waals surface area contributed by atoms with Crippen molar-refractivity contribution in [3.63, 3.8) is 0 Å². The van der Waals surface area contributed by atoms with Crippen LogP contribution in [0, 0.1) is 12.7 Å². The summed E-state index contributed by atoms with van der Waals surface area (Å²) in [5.74, 6) is -2.94. The number of fused-ring (bicyclic) bond motifs is 1. The number of rotatable bonds is 6. The number of anilines is 2. The highest BCUT2D eigenvalue weighted by Gasteiger charge is 2.38. The molecule has 0 bridgehead atoms. The van der Waals surface area contributed by atoms with Crippen LogP contribution >= 0.6 is 23.2 Å². The number of aromatic nitrogens is 3. The molecular weight excluding hydrogens is 532 g/mol. The van der Waals surface area contributed by atoms with Gasteiger partial charge in [-0.3, -0.25) is 9.36 Å². The van der Waals surface area contributed by atoms with Crippen molar-refractivity contribution < 1.29 is 31.5 Å². The zero-order valence-corrected chi connectivity index (χ0v) is 19.6. The minimum atomic E-state index is -4.84. The molecule has 0 fully saturated rings. The number of aryl methyl sites for hydroxylation is 1. The van der Waals surface area contributed by atoms with Crippen molar-refractivity contribution in [1.29, 1.82) is 0 Å². The summed E-state index contributed by atoms with van der Waals surface area (Å²) in [5.41, 5.74) is 3.71. The van der Waals surface area contributed by atoms with Crippen LogP contribution in [0.3, 0.4) is 0 Å². The van der Waals surface area contributed by atoms with Crippen molar-refractivity contribution >= 4 is 51.8 Å². The highest BCUT2D eigenvalue weighted by molar-refractivity contribution is 6.39. The number of amides is 1. The molecule has 0 spiro atoms. The Morgan fingerprint density at radius 3 is 2.44 bits per heavy atom. The van der Waals surface area contributed by atoms with Crippen LogP contribution in [0.5, 0.6) is 5.75 Å². The van der Waals surface area contributed by atoms with Gasteiger partial charge in [-0.15, -0.1) is 0 Å². The average molecular weight is 546 g/mol. The van der Waals surface area contributed by atoms with Gasteiger partial charge >= 0.3 is 6.18 Å². The Bertz CT molecular complexity index is 1480. The van der Waals surface area contributed by atoms with Crippen molar-refractivity contribution in [1.82, 2.24) is 14.5 Å². The lowest BCUT2D eigenvalue weighted by Crippen LogP contribution is -2.16. The van der Waals surface area contributed by atoms with E-state index in [-0.39, 0.29) is 49.6 Å². The molecule has 3 N–H and O–H groups in total. The predicted octanol–water partition coefficient (Wildman–Crippen LogP) is 6.34. The minimum Gasteiger partial charge on any atom is -0.462 e.